The molecule has 1 saturated heterocycles. The fraction of sp³-hybridized carbons (Fsp3) is 0.583. The molecule has 31 heavy (non-hydrogen) atoms. The van der Waals surface area contributed by atoms with Gasteiger partial charge in [-0.05, 0) is 45.6 Å². The van der Waals surface area contributed by atoms with Crippen LogP contribution in [0.4, 0.5) is 0 Å². The molecular weight excluding hydrogens is 394 g/mol. The van der Waals surface area contributed by atoms with E-state index in [1.165, 1.54) is 11.1 Å². The van der Waals surface area contributed by atoms with Gasteiger partial charge in [0.25, 0.3) is 0 Å². The molecule has 0 radical (unpaired) electrons. The van der Waals surface area contributed by atoms with Gasteiger partial charge >= 0.3 is 6.01 Å². The number of likely N-dealkylation sites (tertiary alicyclic amines) is 1. The molecule has 2 heterocycles. The number of aliphatic hydroxyl groups is 1. The molecule has 0 amide bonds. The summed E-state index contributed by atoms with van der Waals surface area (Å²) in [5.41, 5.74) is 2.09. The van der Waals surface area contributed by atoms with Crippen LogP contribution >= 0.6 is 0 Å². The van der Waals surface area contributed by atoms with Gasteiger partial charge in [-0.1, -0.05) is 17.7 Å². The first-order chi connectivity index (χ1) is 15.0. The number of ether oxygens (including phenoxy) is 3. The molecule has 1 aliphatic carbocycles. The Morgan fingerprint density at radius 1 is 1.19 bits per heavy atom. The van der Waals surface area contributed by atoms with Gasteiger partial charge in [0, 0.05) is 37.3 Å². The fourth-order valence-electron chi connectivity index (χ4n) is 5.21. The van der Waals surface area contributed by atoms with E-state index in [4.69, 9.17) is 14.2 Å². The maximum absolute atomic E-state index is 11.8. The summed E-state index contributed by atoms with van der Waals surface area (Å²) in [7, 11) is 1.72. The Bertz CT molecular complexity index is 922. The van der Waals surface area contributed by atoms with E-state index in [9.17, 15) is 5.11 Å². The standard InChI is InChI=1S/C24H33N3O4/c1-5-30-22-19(12-25-23(26-22)31-6-2)24(28)10-9-17-13-27(15-20(17)24)14-18-11-16(3)7-8-21(18)29-4/h7-8,11-12,17,20,28H,5-6,9-10,13-15H2,1-4H3/t17-,20-,24+/m0/s1. The van der Waals surface area contributed by atoms with Gasteiger partial charge in [-0.3, -0.25) is 4.90 Å². The molecule has 2 fully saturated rings. The normalized spacial score (nSPS) is 25.5. The minimum Gasteiger partial charge on any atom is -0.496 e. The van der Waals surface area contributed by atoms with E-state index in [-0.39, 0.29) is 11.9 Å². The Balaban J connectivity index is 1.57. The van der Waals surface area contributed by atoms with Gasteiger partial charge in [0.1, 0.15) is 11.4 Å². The van der Waals surface area contributed by atoms with Crippen molar-refractivity contribution >= 4 is 0 Å². The van der Waals surface area contributed by atoms with Gasteiger partial charge < -0.3 is 19.3 Å². The SMILES string of the molecule is CCOc1ncc([C@]2(O)CC[C@H]3CN(Cc4cc(C)ccc4OC)C[C@@H]32)c(OCC)n1. The molecule has 0 bridgehead atoms. The second-order valence-corrected chi connectivity index (χ2v) is 8.58. The van der Waals surface area contributed by atoms with Gasteiger partial charge in [-0.25, -0.2) is 4.98 Å². The Labute approximate surface area is 184 Å². The lowest BCUT2D eigenvalue weighted by Crippen LogP contribution is -2.35. The van der Waals surface area contributed by atoms with E-state index in [1.807, 2.05) is 19.9 Å². The predicted octanol–water partition coefficient (Wildman–Crippen LogP) is 3.32. The monoisotopic (exact) mass is 427 g/mol. The smallest absolute Gasteiger partial charge is 0.319 e. The number of methoxy groups -OCH3 is 1. The molecule has 4 rings (SSSR count). The first-order valence-corrected chi connectivity index (χ1v) is 11.2. The van der Waals surface area contributed by atoms with Crippen LogP contribution in [0, 0.1) is 18.8 Å². The Kier molecular flexibility index (Phi) is 6.34. The van der Waals surface area contributed by atoms with Crippen LogP contribution in [0.3, 0.4) is 0 Å². The van der Waals surface area contributed by atoms with Crippen molar-refractivity contribution in [1.82, 2.24) is 14.9 Å². The van der Waals surface area contributed by atoms with Crippen molar-refractivity contribution in [2.45, 2.75) is 45.8 Å². The fourth-order valence-corrected chi connectivity index (χ4v) is 5.21. The second kappa shape index (κ2) is 9.01. The van der Waals surface area contributed by atoms with Gasteiger partial charge in [0.2, 0.25) is 5.88 Å². The molecule has 1 aromatic heterocycles. The highest BCUT2D eigenvalue weighted by Gasteiger charge is 2.54. The highest BCUT2D eigenvalue weighted by atomic mass is 16.5. The summed E-state index contributed by atoms with van der Waals surface area (Å²) in [5, 5.41) is 11.8. The molecule has 168 valence electrons. The van der Waals surface area contributed by atoms with Crippen molar-refractivity contribution < 1.29 is 19.3 Å². The lowest BCUT2D eigenvalue weighted by molar-refractivity contribution is -0.0102. The van der Waals surface area contributed by atoms with E-state index in [2.05, 4.69) is 33.9 Å². The number of fused-ring (bicyclic) bond motifs is 1. The zero-order valence-corrected chi connectivity index (χ0v) is 18.9. The molecule has 1 aliphatic heterocycles. The van der Waals surface area contributed by atoms with E-state index in [0.717, 1.165) is 31.8 Å². The van der Waals surface area contributed by atoms with Crippen LogP contribution in [0.2, 0.25) is 0 Å². The van der Waals surface area contributed by atoms with Crippen LogP contribution in [-0.2, 0) is 12.1 Å². The summed E-state index contributed by atoms with van der Waals surface area (Å²) in [4.78, 5) is 11.2. The van der Waals surface area contributed by atoms with Crippen molar-refractivity contribution in [2.75, 3.05) is 33.4 Å². The van der Waals surface area contributed by atoms with E-state index in [0.29, 0.717) is 37.0 Å². The van der Waals surface area contributed by atoms with Crippen LogP contribution < -0.4 is 14.2 Å². The Hall–Kier alpha value is -2.38. The number of aromatic nitrogens is 2. The van der Waals surface area contributed by atoms with E-state index in [1.54, 1.807) is 13.3 Å². The van der Waals surface area contributed by atoms with Crippen LogP contribution in [0.5, 0.6) is 17.6 Å². The first-order valence-electron chi connectivity index (χ1n) is 11.2. The van der Waals surface area contributed by atoms with E-state index < -0.39 is 5.60 Å². The summed E-state index contributed by atoms with van der Waals surface area (Å²) >= 11 is 0. The highest BCUT2D eigenvalue weighted by Crippen LogP contribution is 2.52. The maximum atomic E-state index is 11.8. The highest BCUT2D eigenvalue weighted by molar-refractivity contribution is 5.37. The van der Waals surface area contributed by atoms with Crippen molar-refractivity contribution in [3.63, 3.8) is 0 Å². The van der Waals surface area contributed by atoms with Crippen LogP contribution in [0.1, 0.15) is 43.4 Å². The average Bonchev–Trinajstić information content (AvgIpc) is 3.29. The molecular formula is C24H33N3O4. The average molecular weight is 428 g/mol. The van der Waals surface area contributed by atoms with E-state index >= 15 is 0 Å². The molecule has 7 nitrogen and oxygen atoms in total. The minimum atomic E-state index is -0.995. The summed E-state index contributed by atoms with van der Waals surface area (Å²) in [5.74, 6) is 1.89. The number of hydrogen-bond acceptors (Lipinski definition) is 7. The van der Waals surface area contributed by atoms with Crippen molar-refractivity contribution in [2.24, 2.45) is 11.8 Å². The summed E-state index contributed by atoms with van der Waals surface area (Å²) < 4.78 is 16.8. The largest absolute Gasteiger partial charge is 0.496 e. The number of hydrogen-bond donors (Lipinski definition) is 1. The first kappa shape index (κ1) is 21.8. The van der Waals surface area contributed by atoms with Gasteiger partial charge in [0.05, 0.1) is 25.9 Å². The van der Waals surface area contributed by atoms with Crippen LogP contribution in [0.15, 0.2) is 24.4 Å². The van der Waals surface area contributed by atoms with Crippen LogP contribution in [0.25, 0.3) is 0 Å². The molecule has 1 saturated carbocycles. The third kappa shape index (κ3) is 4.21. The molecule has 1 aromatic carbocycles. The van der Waals surface area contributed by atoms with Crippen molar-refractivity contribution in [3.8, 4) is 17.6 Å². The molecule has 3 atom stereocenters. The van der Waals surface area contributed by atoms with Crippen LogP contribution in [-0.4, -0.2) is 53.4 Å². The molecule has 2 aromatic rings. The van der Waals surface area contributed by atoms with Gasteiger partial charge in [-0.2, -0.15) is 4.98 Å². The lowest BCUT2D eigenvalue weighted by atomic mass is 9.83. The molecule has 0 unspecified atom stereocenters. The lowest BCUT2D eigenvalue weighted by Gasteiger charge is -2.31. The molecule has 1 N–H and O–H groups in total. The van der Waals surface area contributed by atoms with Gasteiger partial charge in [0.15, 0.2) is 0 Å². The molecule has 7 heteroatoms. The Morgan fingerprint density at radius 3 is 2.74 bits per heavy atom. The number of aryl methyl sites for hydroxylation is 1. The molecule has 2 aliphatic rings. The number of rotatable bonds is 8. The zero-order valence-electron chi connectivity index (χ0n) is 18.9. The predicted molar refractivity (Wildman–Crippen MR) is 117 cm³/mol. The zero-order chi connectivity index (χ0) is 22.0. The summed E-state index contributed by atoms with van der Waals surface area (Å²) in [6.45, 7) is 9.45. The number of nitrogens with zero attached hydrogens (tertiary/aromatic N) is 3. The third-order valence-corrected chi connectivity index (χ3v) is 6.61. The number of benzene rings is 1. The summed E-state index contributed by atoms with van der Waals surface area (Å²) in [6, 6.07) is 6.57. The quantitative estimate of drug-likeness (QED) is 0.692. The topological polar surface area (TPSA) is 76.9 Å². The van der Waals surface area contributed by atoms with Crippen molar-refractivity contribution in [3.05, 3.63) is 41.1 Å². The molecule has 0 spiro atoms. The maximum Gasteiger partial charge on any atom is 0.319 e. The second-order valence-electron chi connectivity index (χ2n) is 8.58. The van der Waals surface area contributed by atoms with Crippen molar-refractivity contribution in [1.29, 1.82) is 0 Å². The minimum absolute atomic E-state index is 0.115. The third-order valence-electron chi connectivity index (χ3n) is 6.61. The Morgan fingerprint density at radius 2 is 2.00 bits per heavy atom. The van der Waals surface area contributed by atoms with Gasteiger partial charge in [-0.15, -0.1) is 0 Å². The summed E-state index contributed by atoms with van der Waals surface area (Å²) in [6.07, 6.45) is 3.36.